The molecule has 0 saturated carbocycles. The lowest BCUT2D eigenvalue weighted by molar-refractivity contribution is -0.139. The van der Waals surface area contributed by atoms with Crippen molar-refractivity contribution in [3.8, 4) is 5.75 Å². The van der Waals surface area contributed by atoms with Gasteiger partial charge in [-0.15, -0.1) is 0 Å². The molecule has 0 unspecified atom stereocenters. The predicted molar refractivity (Wildman–Crippen MR) is 124 cm³/mol. The van der Waals surface area contributed by atoms with Crippen LogP contribution in [0, 0.1) is 0 Å². The zero-order valence-electron chi connectivity index (χ0n) is 17.9. The fourth-order valence-corrected chi connectivity index (χ4v) is 2.78. The monoisotopic (exact) mass is 444 g/mol. The molecule has 0 aliphatic heterocycles. The summed E-state index contributed by atoms with van der Waals surface area (Å²) in [5.74, 6) is -1.54. The van der Waals surface area contributed by atoms with E-state index in [1.54, 1.807) is 24.3 Å². The molecule has 168 valence electrons. The van der Waals surface area contributed by atoms with Gasteiger partial charge in [0.2, 0.25) is 0 Å². The molecule has 3 rings (SSSR count). The number of hydrogen-bond acceptors (Lipinski definition) is 5. The van der Waals surface area contributed by atoms with Crippen LogP contribution in [0.3, 0.4) is 0 Å². The van der Waals surface area contributed by atoms with Crippen molar-refractivity contribution in [2.75, 3.05) is 6.61 Å². The van der Waals surface area contributed by atoms with Crippen LogP contribution >= 0.6 is 0 Å². The summed E-state index contributed by atoms with van der Waals surface area (Å²) < 4.78 is 5.58. The molecule has 33 heavy (non-hydrogen) atoms. The zero-order valence-corrected chi connectivity index (χ0v) is 17.9. The Morgan fingerprint density at radius 3 is 1.97 bits per heavy atom. The Kier molecular flexibility index (Phi) is 8.73. The summed E-state index contributed by atoms with van der Waals surface area (Å²) in [6.07, 6.45) is 1.35. The first-order valence-electron chi connectivity index (χ1n) is 10.3. The van der Waals surface area contributed by atoms with Gasteiger partial charge in [0.05, 0.1) is 6.21 Å². The molecular formula is C25H24N4O4. The van der Waals surface area contributed by atoms with E-state index in [1.807, 2.05) is 60.7 Å². The molecule has 0 heterocycles. The molecule has 8 nitrogen and oxygen atoms in total. The number of amides is 3. The summed E-state index contributed by atoms with van der Waals surface area (Å²) >= 11 is 0. The van der Waals surface area contributed by atoms with Gasteiger partial charge in [0, 0.05) is 18.7 Å². The van der Waals surface area contributed by atoms with Crippen molar-refractivity contribution in [3.63, 3.8) is 0 Å². The average molecular weight is 444 g/mol. The Bertz CT molecular complexity index is 1100. The number of para-hydroxylation sites is 1. The number of nitrogens with zero attached hydrogens (tertiary/aromatic N) is 1. The van der Waals surface area contributed by atoms with Crippen molar-refractivity contribution in [2.24, 2.45) is 5.10 Å². The number of rotatable bonds is 9. The van der Waals surface area contributed by atoms with Crippen molar-refractivity contribution in [1.82, 2.24) is 16.1 Å². The molecule has 3 aromatic carbocycles. The Morgan fingerprint density at radius 1 is 0.727 bits per heavy atom. The van der Waals surface area contributed by atoms with Crippen molar-refractivity contribution >= 4 is 23.9 Å². The van der Waals surface area contributed by atoms with E-state index in [2.05, 4.69) is 21.2 Å². The SMILES string of the molecule is O=C(COc1ccccc1/C=N\NC(=O)C(=O)NCc1ccccc1)NCc1ccccc1. The summed E-state index contributed by atoms with van der Waals surface area (Å²) in [6.45, 7) is 0.469. The minimum atomic E-state index is -0.888. The number of hydrazone groups is 1. The van der Waals surface area contributed by atoms with E-state index in [0.717, 1.165) is 11.1 Å². The Morgan fingerprint density at radius 2 is 1.30 bits per heavy atom. The van der Waals surface area contributed by atoms with Crippen LogP contribution in [0.1, 0.15) is 16.7 Å². The number of hydrogen-bond donors (Lipinski definition) is 3. The Hall–Kier alpha value is -4.46. The van der Waals surface area contributed by atoms with Gasteiger partial charge < -0.3 is 15.4 Å². The second-order valence-corrected chi connectivity index (χ2v) is 6.96. The summed E-state index contributed by atoms with van der Waals surface area (Å²) in [4.78, 5) is 35.9. The van der Waals surface area contributed by atoms with Gasteiger partial charge in [0.25, 0.3) is 5.91 Å². The lowest BCUT2D eigenvalue weighted by atomic mass is 10.2. The molecule has 0 spiro atoms. The Balaban J connectivity index is 1.45. The van der Waals surface area contributed by atoms with Crippen LogP contribution in [-0.4, -0.2) is 30.5 Å². The number of carbonyl (C=O) groups excluding carboxylic acids is 3. The lowest BCUT2D eigenvalue weighted by Gasteiger charge is -2.09. The third-order valence-electron chi connectivity index (χ3n) is 4.48. The van der Waals surface area contributed by atoms with Gasteiger partial charge >= 0.3 is 11.8 Å². The topological polar surface area (TPSA) is 109 Å². The van der Waals surface area contributed by atoms with Gasteiger partial charge in [0.1, 0.15) is 5.75 Å². The van der Waals surface area contributed by atoms with E-state index >= 15 is 0 Å². The second-order valence-electron chi connectivity index (χ2n) is 6.96. The molecule has 0 atom stereocenters. The van der Waals surface area contributed by atoms with Crippen LogP contribution in [0.25, 0.3) is 0 Å². The van der Waals surface area contributed by atoms with Crippen LogP contribution in [0.2, 0.25) is 0 Å². The molecule has 3 N–H and O–H groups in total. The van der Waals surface area contributed by atoms with E-state index in [-0.39, 0.29) is 19.1 Å². The molecule has 3 amide bonds. The van der Waals surface area contributed by atoms with Crippen molar-refractivity contribution in [3.05, 3.63) is 102 Å². The molecule has 0 aliphatic carbocycles. The maximum absolute atomic E-state index is 12.1. The third kappa shape index (κ3) is 7.95. The normalized spacial score (nSPS) is 10.4. The first-order chi connectivity index (χ1) is 16.1. The lowest BCUT2D eigenvalue weighted by Crippen LogP contribution is -2.37. The molecule has 0 aliphatic rings. The highest BCUT2D eigenvalue weighted by molar-refractivity contribution is 6.35. The third-order valence-corrected chi connectivity index (χ3v) is 4.48. The van der Waals surface area contributed by atoms with Crippen molar-refractivity contribution in [1.29, 1.82) is 0 Å². The number of benzene rings is 3. The van der Waals surface area contributed by atoms with Gasteiger partial charge in [-0.05, 0) is 23.3 Å². The number of nitrogens with one attached hydrogen (secondary N) is 3. The fraction of sp³-hybridized carbons (Fsp3) is 0.120. The highest BCUT2D eigenvalue weighted by atomic mass is 16.5. The van der Waals surface area contributed by atoms with E-state index < -0.39 is 11.8 Å². The Labute approximate surface area is 191 Å². The molecule has 0 bridgehead atoms. The highest BCUT2D eigenvalue weighted by Crippen LogP contribution is 2.15. The number of ether oxygens (including phenoxy) is 1. The first kappa shape index (κ1) is 23.2. The molecule has 0 fully saturated rings. The molecule has 8 heteroatoms. The number of carbonyl (C=O) groups is 3. The molecular weight excluding hydrogens is 420 g/mol. The molecule has 3 aromatic rings. The first-order valence-corrected chi connectivity index (χ1v) is 10.3. The van der Waals surface area contributed by atoms with Crippen molar-refractivity contribution < 1.29 is 19.1 Å². The molecule has 0 saturated heterocycles. The van der Waals surface area contributed by atoms with E-state index in [1.165, 1.54) is 6.21 Å². The summed E-state index contributed by atoms with van der Waals surface area (Å²) in [7, 11) is 0. The van der Waals surface area contributed by atoms with Gasteiger partial charge in [-0.1, -0.05) is 72.8 Å². The summed E-state index contributed by atoms with van der Waals surface area (Å²) in [5, 5.41) is 9.12. The minimum absolute atomic E-state index is 0.175. The quantitative estimate of drug-likeness (QED) is 0.267. The van der Waals surface area contributed by atoms with Gasteiger partial charge in [-0.2, -0.15) is 5.10 Å². The van der Waals surface area contributed by atoms with Gasteiger partial charge in [0.15, 0.2) is 6.61 Å². The largest absolute Gasteiger partial charge is 0.483 e. The summed E-state index contributed by atoms with van der Waals surface area (Å²) in [6, 6.07) is 25.7. The summed E-state index contributed by atoms with van der Waals surface area (Å²) in [5.41, 5.74) is 4.59. The van der Waals surface area contributed by atoms with Gasteiger partial charge in [-0.3, -0.25) is 14.4 Å². The van der Waals surface area contributed by atoms with Crippen LogP contribution in [-0.2, 0) is 27.5 Å². The molecule has 0 aromatic heterocycles. The van der Waals surface area contributed by atoms with Crippen molar-refractivity contribution in [2.45, 2.75) is 13.1 Å². The minimum Gasteiger partial charge on any atom is -0.483 e. The maximum Gasteiger partial charge on any atom is 0.329 e. The van der Waals surface area contributed by atoms with Gasteiger partial charge in [-0.25, -0.2) is 5.43 Å². The predicted octanol–water partition coefficient (Wildman–Crippen LogP) is 2.15. The highest BCUT2D eigenvalue weighted by Gasteiger charge is 2.12. The van der Waals surface area contributed by atoms with E-state index in [0.29, 0.717) is 17.9 Å². The van der Waals surface area contributed by atoms with E-state index in [9.17, 15) is 14.4 Å². The van der Waals surface area contributed by atoms with Crippen LogP contribution in [0.15, 0.2) is 90.0 Å². The average Bonchev–Trinajstić information content (AvgIpc) is 2.86. The maximum atomic E-state index is 12.1. The van der Waals surface area contributed by atoms with E-state index in [4.69, 9.17) is 4.74 Å². The fourth-order valence-electron chi connectivity index (χ4n) is 2.78. The zero-order chi connectivity index (χ0) is 23.3. The molecule has 0 radical (unpaired) electrons. The van der Waals surface area contributed by atoms with Crippen LogP contribution < -0.4 is 20.8 Å². The van der Waals surface area contributed by atoms with Crippen LogP contribution in [0.5, 0.6) is 5.75 Å². The smallest absolute Gasteiger partial charge is 0.329 e. The van der Waals surface area contributed by atoms with Crippen LogP contribution in [0.4, 0.5) is 0 Å². The second kappa shape index (κ2) is 12.4. The standard InChI is InChI=1S/C25H24N4O4/c30-23(26-15-19-9-3-1-4-10-19)18-33-22-14-8-7-13-21(22)17-28-29-25(32)24(31)27-16-20-11-5-2-6-12-20/h1-14,17H,15-16,18H2,(H,26,30)(H,27,31)(H,29,32)/b28-17-.